The molecule has 0 aromatic carbocycles. The van der Waals surface area contributed by atoms with E-state index in [0.29, 0.717) is 41.6 Å². The van der Waals surface area contributed by atoms with E-state index < -0.39 is 11.2 Å². The first-order valence-corrected chi connectivity index (χ1v) is 9.18. The number of carbonyl (C=O) groups excluding carboxylic acids is 1. The van der Waals surface area contributed by atoms with Crippen LogP contribution in [0.15, 0.2) is 33.3 Å². The van der Waals surface area contributed by atoms with Crippen LogP contribution in [0, 0.1) is 0 Å². The van der Waals surface area contributed by atoms with Crippen LogP contribution < -0.4 is 11.2 Å². The third-order valence-corrected chi connectivity index (χ3v) is 5.80. The number of rotatable bonds is 4. The minimum Gasteiger partial charge on any atom is -0.383 e. The van der Waals surface area contributed by atoms with Gasteiger partial charge in [-0.15, -0.1) is 11.3 Å². The highest BCUT2D eigenvalue weighted by Crippen LogP contribution is 2.36. The number of carbonyl (C=O) groups is 1. The maximum absolute atomic E-state index is 12.6. The minimum absolute atomic E-state index is 0.0203. The minimum atomic E-state index is -0.524. The van der Waals surface area contributed by atoms with E-state index in [9.17, 15) is 14.4 Å². The molecule has 0 radical (unpaired) electrons. The first-order chi connectivity index (χ1) is 12.6. The Bertz CT molecular complexity index is 1100. The molecule has 0 saturated carbocycles. The highest BCUT2D eigenvalue weighted by molar-refractivity contribution is 7.10. The summed E-state index contributed by atoms with van der Waals surface area (Å²) >= 11 is 1.61. The van der Waals surface area contributed by atoms with Crippen molar-refractivity contribution in [2.45, 2.75) is 25.3 Å². The normalized spacial score (nSPS) is 16.8. The number of aromatic amines is 1. The van der Waals surface area contributed by atoms with Crippen molar-refractivity contribution < 1.29 is 9.53 Å². The summed E-state index contributed by atoms with van der Waals surface area (Å²) in [7, 11) is 1.54. The van der Waals surface area contributed by atoms with Crippen molar-refractivity contribution in [3.05, 3.63) is 60.6 Å². The average Bonchev–Trinajstić information content (AvgIpc) is 3.15. The molecule has 8 heteroatoms. The number of ether oxygens (including phenoxy) is 1. The largest absolute Gasteiger partial charge is 0.383 e. The molecule has 3 aromatic rings. The second-order valence-corrected chi connectivity index (χ2v) is 7.28. The molecule has 0 spiro atoms. The van der Waals surface area contributed by atoms with E-state index in [1.807, 2.05) is 17.5 Å². The molecular weight excluding hydrogens is 354 g/mol. The summed E-state index contributed by atoms with van der Waals surface area (Å²) < 4.78 is 6.43. The van der Waals surface area contributed by atoms with Gasteiger partial charge < -0.3 is 4.74 Å². The maximum atomic E-state index is 12.6. The zero-order valence-electron chi connectivity index (χ0n) is 14.2. The van der Waals surface area contributed by atoms with Crippen molar-refractivity contribution >= 4 is 28.2 Å². The van der Waals surface area contributed by atoms with Crippen LogP contribution in [0.2, 0.25) is 0 Å². The molecule has 1 aliphatic rings. The highest BCUT2D eigenvalue weighted by atomic mass is 32.1. The fraction of sp³-hybridized carbons (Fsp3) is 0.333. The third-order valence-electron chi connectivity index (χ3n) is 4.76. The molecular formula is C18H17N3O4S. The molecule has 3 heterocycles. The number of nitrogens with zero attached hydrogens (tertiary/aromatic N) is 2. The predicted molar refractivity (Wildman–Crippen MR) is 98.2 cm³/mol. The quantitative estimate of drug-likeness (QED) is 0.753. The van der Waals surface area contributed by atoms with Crippen LogP contribution in [0.1, 0.15) is 33.1 Å². The molecule has 0 saturated heterocycles. The van der Waals surface area contributed by atoms with Crippen molar-refractivity contribution in [1.82, 2.24) is 14.5 Å². The van der Waals surface area contributed by atoms with E-state index in [1.54, 1.807) is 18.4 Å². The molecule has 1 aliphatic carbocycles. The Hall–Kier alpha value is -2.58. The molecule has 0 bridgehead atoms. The van der Waals surface area contributed by atoms with Crippen LogP contribution in [0.4, 0.5) is 0 Å². The van der Waals surface area contributed by atoms with Gasteiger partial charge in [-0.2, -0.15) is 0 Å². The molecule has 1 unspecified atom stereocenters. The van der Waals surface area contributed by atoms with Gasteiger partial charge in [0, 0.05) is 36.1 Å². The summed E-state index contributed by atoms with van der Waals surface area (Å²) in [5.41, 5.74) is 0.436. The van der Waals surface area contributed by atoms with Gasteiger partial charge in [-0.3, -0.25) is 19.1 Å². The summed E-state index contributed by atoms with van der Waals surface area (Å²) in [6.07, 6.45) is 2.47. The van der Waals surface area contributed by atoms with Crippen LogP contribution in [0.3, 0.4) is 0 Å². The smallest absolute Gasteiger partial charge is 0.330 e. The molecule has 3 aromatic heterocycles. The Balaban J connectivity index is 1.94. The van der Waals surface area contributed by atoms with Crippen LogP contribution in [-0.4, -0.2) is 34.0 Å². The number of pyridine rings is 1. The van der Waals surface area contributed by atoms with E-state index >= 15 is 0 Å². The number of hydrogen-bond acceptors (Lipinski definition) is 6. The highest BCUT2D eigenvalue weighted by Gasteiger charge is 2.30. The number of nitrogens with one attached hydrogen (secondary N) is 1. The van der Waals surface area contributed by atoms with Crippen molar-refractivity contribution in [2.24, 2.45) is 0 Å². The van der Waals surface area contributed by atoms with Gasteiger partial charge in [-0.05, 0) is 23.4 Å². The monoisotopic (exact) mass is 371 g/mol. The molecule has 1 atom stereocenters. The molecule has 26 heavy (non-hydrogen) atoms. The first kappa shape index (κ1) is 16.9. The maximum Gasteiger partial charge on any atom is 0.330 e. The summed E-state index contributed by atoms with van der Waals surface area (Å²) in [6.45, 7) is 0.591. The standard InChI is InChI=1S/C18H17N3O4S/c1-25-5-4-21-16-15(17(23)20-18(21)24)11-7-10(14-3-2-6-26-14)8-13(22)12(11)9-19-16/h2-3,6,9-10H,4-5,7-8H2,1H3,(H,20,23,24). The molecule has 134 valence electrons. The zero-order valence-corrected chi connectivity index (χ0v) is 15.0. The molecule has 0 fully saturated rings. The van der Waals surface area contributed by atoms with Gasteiger partial charge in [0.05, 0.1) is 18.5 Å². The summed E-state index contributed by atoms with van der Waals surface area (Å²) in [6, 6.07) is 3.97. The number of aromatic nitrogens is 3. The number of hydrogen-bond donors (Lipinski definition) is 1. The Labute approximate surface area is 152 Å². The molecule has 4 rings (SSSR count). The Morgan fingerprint density at radius 1 is 1.35 bits per heavy atom. The summed E-state index contributed by atoms with van der Waals surface area (Å²) in [4.78, 5) is 45.1. The van der Waals surface area contributed by atoms with Gasteiger partial charge in [0.15, 0.2) is 5.78 Å². The third kappa shape index (κ3) is 2.71. The predicted octanol–water partition coefficient (Wildman–Crippen LogP) is 1.71. The number of thiophene rings is 1. The topological polar surface area (TPSA) is 94.1 Å². The Morgan fingerprint density at radius 3 is 2.92 bits per heavy atom. The molecule has 0 aliphatic heterocycles. The second kappa shape index (κ2) is 6.62. The number of fused-ring (bicyclic) bond motifs is 3. The SMILES string of the molecule is COCCn1c(=O)[nH]c(=O)c2c3c(cnc21)C(=O)CC(c1cccs1)C3. The van der Waals surface area contributed by atoms with Crippen molar-refractivity contribution in [2.75, 3.05) is 13.7 Å². The summed E-state index contributed by atoms with van der Waals surface area (Å²) in [5.74, 6) is 0.0208. The van der Waals surface area contributed by atoms with Gasteiger partial charge >= 0.3 is 5.69 Å². The van der Waals surface area contributed by atoms with E-state index in [4.69, 9.17) is 4.74 Å². The van der Waals surface area contributed by atoms with Crippen molar-refractivity contribution in [3.8, 4) is 0 Å². The lowest BCUT2D eigenvalue weighted by Gasteiger charge is -2.24. The second-order valence-electron chi connectivity index (χ2n) is 6.30. The van der Waals surface area contributed by atoms with Gasteiger partial charge in [-0.25, -0.2) is 9.78 Å². The van der Waals surface area contributed by atoms with Crippen LogP contribution >= 0.6 is 11.3 Å². The van der Waals surface area contributed by atoms with E-state index in [0.717, 1.165) is 4.88 Å². The molecule has 0 amide bonds. The fourth-order valence-electron chi connectivity index (χ4n) is 3.52. The van der Waals surface area contributed by atoms with E-state index in [-0.39, 0.29) is 18.2 Å². The Kier molecular flexibility index (Phi) is 4.29. The van der Waals surface area contributed by atoms with Crippen molar-refractivity contribution in [3.63, 3.8) is 0 Å². The number of Topliss-reactive ketones (excluding diaryl/α,β-unsaturated/α-hetero) is 1. The number of H-pyrrole nitrogens is 1. The molecule has 7 nitrogen and oxygen atoms in total. The number of ketones is 1. The van der Waals surface area contributed by atoms with Crippen LogP contribution in [-0.2, 0) is 17.7 Å². The molecule has 1 N–H and O–H groups in total. The van der Waals surface area contributed by atoms with Gasteiger partial charge in [-0.1, -0.05) is 6.07 Å². The van der Waals surface area contributed by atoms with Gasteiger partial charge in [0.25, 0.3) is 5.56 Å². The average molecular weight is 371 g/mol. The van der Waals surface area contributed by atoms with Gasteiger partial charge in [0.2, 0.25) is 0 Å². The van der Waals surface area contributed by atoms with Crippen LogP contribution in [0.5, 0.6) is 0 Å². The van der Waals surface area contributed by atoms with Crippen LogP contribution in [0.25, 0.3) is 11.0 Å². The van der Waals surface area contributed by atoms with Crippen molar-refractivity contribution in [1.29, 1.82) is 0 Å². The lowest BCUT2D eigenvalue weighted by Crippen LogP contribution is -2.33. The fourth-order valence-corrected chi connectivity index (χ4v) is 4.35. The van der Waals surface area contributed by atoms with E-state index in [1.165, 1.54) is 10.8 Å². The zero-order chi connectivity index (χ0) is 18.3. The first-order valence-electron chi connectivity index (χ1n) is 8.30. The lowest BCUT2D eigenvalue weighted by atomic mass is 9.82. The number of methoxy groups -OCH3 is 1. The summed E-state index contributed by atoms with van der Waals surface area (Å²) in [5, 5.41) is 2.31. The van der Waals surface area contributed by atoms with E-state index in [2.05, 4.69) is 9.97 Å². The van der Waals surface area contributed by atoms with Gasteiger partial charge in [0.1, 0.15) is 5.65 Å². The lowest BCUT2D eigenvalue weighted by molar-refractivity contribution is 0.0964. The Morgan fingerprint density at radius 2 is 2.19 bits per heavy atom.